The van der Waals surface area contributed by atoms with Crippen molar-refractivity contribution in [3.8, 4) is 0 Å². The maximum Gasteiger partial charge on any atom is 0.410 e. The summed E-state index contributed by atoms with van der Waals surface area (Å²) in [5, 5.41) is 13.2. The lowest BCUT2D eigenvalue weighted by Crippen LogP contribution is -2.50. The Morgan fingerprint density at radius 1 is 1.02 bits per heavy atom. The zero-order valence-corrected chi connectivity index (χ0v) is 23.4. The number of hydrogen-bond acceptors (Lipinski definition) is 8. The summed E-state index contributed by atoms with van der Waals surface area (Å²) < 4.78 is 5.63. The Kier molecular flexibility index (Phi) is 8.29. The summed E-state index contributed by atoms with van der Waals surface area (Å²) in [6.45, 7) is 7.58. The van der Waals surface area contributed by atoms with Gasteiger partial charge in [-0.15, -0.1) is 0 Å². The van der Waals surface area contributed by atoms with Crippen LogP contribution in [-0.4, -0.2) is 63.3 Å². The highest BCUT2D eigenvalue weighted by atomic mass is 16.6. The molecule has 1 saturated carbocycles. The number of fused-ring (bicyclic) bond motifs is 1. The van der Waals surface area contributed by atoms with Crippen molar-refractivity contribution in [3.63, 3.8) is 0 Å². The topological polar surface area (TPSA) is 133 Å². The number of aromatic nitrogens is 3. The summed E-state index contributed by atoms with van der Waals surface area (Å²) in [7, 11) is 0. The van der Waals surface area contributed by atoms with Gasteiger partial charge in [0.1, 0.15) is 11.4 Å². The molecule has 0 spiro atoms. The highest BCUT2D eigenvalue weighted by Crippen LogP contribution is 2.27. The molecular weight excluding hydrogens is 508 g/mol. The molecule has 0 bridgehead atoms. The molecule has 11 heteroatoms. The van der Waals surface area contributed by atoms with Crippen LogP contribution in [0.25, 0.3) is 11.0 Å². The van der Waals surface area contributed by atoms with Crippen LogP contribution < -0.4 is 21.3 Å². The van der Waals surface area contributed by atoms with Crippen molar-refractivity contribution in [2.24, 2.45) is 0 Å². The number of nitrogens with zero attached hydrogens (tertiary/aromatic N) is 4. The minimum absolute atomic E-state index is 0.125. The molecule has 212 valence electrons. The summed E-state index contributed by atoms with van der Waals surface area (Å²) in [6.07, 6.45) is 6.95. The molecule has 0 radical (unpaired) electrons. The average molecular weight is 547 g/mol. The first-order valence-corrected chi connectivity index (χ1v) is 14.0. The van der Waals surface area contributed by atoms with Gasteiger partial charge in [-0.25, -0.2) is 19.6 Å². The van der Waals surface area contributed by atoms with Crippen LogP contribution in [-0.2, 0) is 4.74 Å². The fourth-order valence-corrected chi connectivity index (χ4v) is 5.08. The number of carbonyl (C=O) groups excluding carboxylic acids is 2. The number of urea groups is 1. The first-order valence-electron chi connectivity index (χ1n) is 14.0. The van der Waals surface area contributed by atoms with Crippen molar-refractivity contribution < 1.29 is 14.3 Å². The molecule has 3 aromatic rings. The number of hydrogen-bond donors (Lipinski definition) is 4. The molecule has 4 N–H and O–H groups in total. The minimum Gasteiger partial charge on any atom is -0.444 e. The van der Waals surface area contributed by atoms with Crippen LogP contribution in [0, 0.1) is 0 Å². The lowest BCUT2D eigenvalue weighted by atomic mass is 9.96. The van der Waals surface area contributed by atoms with E-state index in [1.54, 1.807) is 17.2 Å². The molecule has 1 unspecified atom stereocenters. The SMILES string of the molecule is CC(C)(C)OC(=O)N1CCNCC1c1ccc(Nc2ncc3ccc(NC(=O)NC4CCCCC4)nc3n2)cc1. The van der Waals surface area contributed by atoms with Gasteiger partial charge in [-0.2, -0.15) is 4.98 Å². The van der Waals surface area contributed by atoms with Crippen LogP contribution >= 0.6 is 0 Å². The fraction of sp³-hybridized carbons (Fsp3) is 0.483. The van der Waals surface area contributed by atoms with Gasteiger partial charge in [0.15, 0.2) is 5.65 Å². The van der Waals surface area contributed by atoms with E-state index in [2.05, 4.69) is 36.2 Å². The quantitative estimate of drug-likeness (QED) is 0.347. The Morgan fingerprint density at radius 3 is 2.55 bits per heavy atom. The maximum absolute atomic E-state index is 12.8. The number of amides is 3. The van der Waals surface area contributed by atoms with Crippen LogP contribution in [0.3, 0.4) is 0 Å². The molecule has 1 atom stereocenters. The monoisotopic (exact) mass is 546 g/mol. The Balaban J connectivity index is 1.24. The molecule has 1 aliphatic carbocycles. The molecular formula is C29H38N8O3. The van der Waals surface area contributed by atoms with Gasteiger partial charge in [-0.3, -0.25) is 10.2 Å². The van der Waals surface area contributed by atoms with Crippen LogP contribution in [0.15, 0.2) is 42.6 Å². The molecule has 1 aromatic carbocycles. The van der Waals surface area contributed by atoms with Gasteiger partial charge in [0.2, 0.25) is 5.95 Å². The van der Waals surface area contributed by atoms with Gasteiger partial charge in [-0.05, 0) is 63.4 Å². The summed E-state index contributed by atoms with van der Waals surface area (Å²) in [5.41, 5.74) is 1.74. The first kappa shape index (κ1) is 27.6. The molecule has 40 heavy (non-hydrogen) atoms. The van der Waals surface area contributed by atoms with Gasteiger partial charge < -0.3 is 20.7 Å². The zero-order chi connectivity index (χ0) is 28.1. The van der Waals surface area contributed by atoms with Gasteiger partial charge in [0.05, 0.1) is 6.04 Å². The van der Waals surface area contributed by atoms with Gasteiger partial charge in [0, 0.05) is 42.9 Å². The van der Waals surface area contributed by atoms with Crippen LogP contribution in [0.5, 0.6) is 0 Å². The van der Waals surface area contributed by atoms with E-state index in [-0.39, 0.29) is 24.2 Å². The largest absolute Gasteiger partial charge is 0.444 e. The summed E-state index contributed by atoms with van der Waals surface area (Å²) in [5.74, 6) is 0.830. The number of pyridine rings is 1. The predicted octanol–water partition coefficient (Wildman–Crippen LogP) is 5.10. The van der Waals surface area contributed by atoms with Crippen molar-refractivity contribution >= 4 is 40.6 Å². The molecule has 3 amide bonds. The van der Waals surface area contributed by atoms with Crippen LogP contribution in [0.1, 0.15) is 64.5 Å². The molecule has 11 nitrogen and oxygen atoms in total. The highest BCUT2D eigenvalue weighted by Gasteiger charge is 2.31. The smallest absolute Gasteiger partial charge is 0.410 e. The van der Waals surface area contributed by atoms with E-state index in [1.165, 1.54) is 6.42 Å². The van der Waals surface area contributed by atoms with E-state index in [0.29, 0.717) is 30.5 Å². The van der Waals surface area contributed by atoms with E-state index < -0.39 is 5.60 Å². The summed E-state index contributed by atoms with van der Waals surface area (Å²) >= 11 is 0. The van der Waals surface area contributed by atoms with Crippen molar-refractivity contribution in [1.82, 2.24) is 30.5 Å². The van der Waals surface area contributed by atoms with E-state index in [0.717, 1.165) is 48.9 Å². The summed E-state index contributed by atoms with van der Waals surface area (Å²) in [4.78, 5) is 40.5. The third kappa shape index (κ3) is 7.15. The van der Waals surface area contributed by atoms with Gasteiger partial charge in [0.25, 0.3) is 0 Å². The Bertz CT molecular complexity index is 1340. The maximum atomic E-state index is 12.8. The third-order valence-electron chi connectivity index (χ3n) is 7.05. The third-order valence-corrected chi connectivity index (χ3v) is 7.05. The minimum atomic E-state index is -0.548. The van der Waals surface area contributed by atoms with Crippen LogP contribution in [0.4, 0.5) is 27.0 Å². The Labute approximate surface area is 234 Å². The molecule has 1 saturated heterocycles. The molecule has 3 heterocycles. The van der Waals surface area contributed by atoms with Crippen LogP contribution in [0.2, 0.25) is 0 Å². The number of benzene rings is 1. The number of rotatable bonds is 5. The second-order valence-corrected chi connectivity index (χ2v) is 11.4. The number of nitrogens with one attached hydrogen (secondary N) is 4. The molecule has 1 aliphatic heterocycles. The second-order valence-electron chi connectivity index (χ2n) is 11.4. The first-order chi connectivity index (χ1) is 19.2. The summed E-state index contributed by atoms with van der Waals surface area (Å²) in [6, 6.07) is 11.3. The lowest BCUT2D eigenvalue weighted by Gasteiger charge is -2.37. The number of anilines is 3. The molecule has 2 aromatic heterocycles. The standard InChI is InChI=1S/C29H38N8O3/c1-29(2,3)40-28(39)37-16-15-30-18-23(37)19-9-12-22(13-10-19)32-26-31-17-20-11-14-24(34-25(20)36-26)35-27(38)33-21-7-5-4-6-8-21/h9-14,17,21,23,30H,4-8,15-16,18H2,1-3H3,(H3,31,32,33,34,35,36,38). The molecule has 5 rings (SSSR count). The van der Waals surface area contributed by atoms with Crippen molar-refractivity contribution in [1.29, 1.82) is 0 Å². The number of carbonyl (C=O) groups is 2. The lowest BCUT2D eigenvalue weighted by molar-refractivity contribution is 0.0118. The number of ether oxygens (including phenoxy) is 1. The van der Waals surface area contributed by atoms with Crippen molar-refractivity contribution in [2.45, 2.75) is 70.6 Å². The second kappa shape index (κ2) is 12.0. The van der Waals surface area contributed by atoms with Gasteiger partial charge in [-0.1, -0.05) is 31.4 Å². The Morgan fingerprint density at radius 2 is 1.80 bits per heavy atom. The predicted molar refractivity (Wildman–Crippen MR) is 155 cm³/mol. The highest BCUT2D eigenvalue weighted by molar-refractivity contribution is 5.90. The molecule has 2 fully saturated rings. The van der Waals surface area contributed by atoms with E-state index in [1.807, 2.05) is 51.1 Å². The Hall–Kier alpha value is -3.99. The normalized spacial score (nSPS) is 18.3. The number of piperazine rings is 1. The van der Waals surface area contributed by atoms with Gasteiger partial charge >= 0.3 is 12.1 Å². The van der Waals surface area contributed by atoms with Crippen molar-refractivity contribution in [2.75, 3.05) is 30.3 Å². The zero-order valence-electron chi connectivity index (χ0n) is 23.4. The molecule has 2 aliphatic rings. The van der Waals surface area contributed by atoms with E-state index >= 15 is 0 Å². The van der Waals surface area contributed by atoms with E-state index in [4.69, 9.17) is 4.74 Å². The average Bonchev–Trinajstić information content (AvgIpc) is 2.93. The van der Waals surface area contributed by atoms with Crippen molar-refractivity contribution in [3.05, 3.63) is 48.2 Å². The van der Waals surface area contributed by atoms with E-state index in [9.17, 15) is 9.59 Å². The fourth-order valence-electron chi connectivity index (χ4n) is 5.08.